The van der Waals surface area contributed by atoms with E-state index in [0.717, 1.165) is 17.9 Å². The maximum Gasteiger partial charge on any atom is 0.120 e. The molecule has 0 saturated heterocycles. The monoisotopic (exact) mass is 205 g/mol. The van der Waals surface area contributed by atoms with E-state index in [4.69, 9.17) is 15.3 Å². The zero-order valence-electron chi connectivity index (χ0n) is 7.69. The van der Waals surface area contributed by atoms with E-state index in [-0.39, 0.29) is 25.1 Å². The molecule has 0 bridgehead atoms. The van der Waals surface area contributed by atoms with Crippen LogP contribution in [0.4, 0.5) is 0 Å². The second-order valence-electron chi connectivity index (χ2n) is 2.78. The van der Waals surface area contributed by atoms with Gasteiger partial charge < -0.3 is 15.3 Å². The van der Waals surface area contributed by atoms with Gasteiger partial charge in [0.1, 0.15) is 11.5 Å². The number of furan rings is 1. The van der Waals surface area contributed by atoms with E-state index in [9.17, 15) is 0 Å². The first-order chi connectivity index (χ1) is 5.77. The minimum Gasteiger partial charge on any atom is -0.464 e. The van der Waals surface area contributed by atoms with Gasteiger partial charge in [0, 0.05) is 13.0 Å². The van der Waals surface area contributed by atoms with Crippen LogP contribution in [0.15, 0.2) is 16.5 Å². The standard InChI is InChI=1S/C9H15NO2.ClH/c1-2-7-3-4-9(12-7)8(10)5-6-11;/h3-4,8,11H,2,5-6,10H2,1H3;1H/t8-;/m1./s1. The Kier molecular flexibility index (Phi) is 5.79. The van der Waals surface area contributed by atoms with Crippen LogP contribution < -0.4 is 5.73 Å². The van der Waals surface area contributed by atoms with Gasteiger partial charge >= 0.3 is 0 Å². The molecule has 4 heteroatoms. The van der Waals surface area contributed by atoms with Crippen molar-refractivity contribution in [1.29, 1.82) is 0 Å². The highest BCUT2D eigenvalue weighted by atomic mass is 35.5. The third kappa shape index (κ3) is 3.38. The summed E-state index contributed by atoms with van der Waals surface area (Å²) in [5.74, 6) is 1.71. The van der Waals surface area contributed by atoms with Crippen molar-refractivity contribution in [3.8, 4) is 0 Å². The summed E-state index contributed by atoms with van der Waals surface area (Å²) in [7, 11) is 0. The fraction of sp³-hybridized carbons (Fsp3) is 0.556. The molecule has 0 aromatic carbocycles. The van der Waals surface area contributed by atoms with Crippen LogP contribution in [0.2, 0.25) is 0 Å². The average Bonchev–Trinajstić information content (AvgIpc) is 2.52. The Labute approximate surface area is 84.3 Å². The summed E-state index contributed by atoms with van der Waals surface area (Å²) in [4.78, 5) is 0. The fourth-order valence-corrected chi connectivity index (χ4v) is 1.07. The van der Waals surface area contributed by atoms with Crippen molar-refractivity contribution in [3.05, 3.63) is 23.7 Å². The van der Waals surface area contributed by atoms with Gasteiger partial charge in [0.05, 0.1) is 6.04 Å². The maximum atomic E-state index is 8.64. The number of halogens is 1. The quantitative estimate of drug-likeness (QED) is 0.786. The Morgan fingerprint density at radius 1 is 1.54 bits per heavy atom. The van der Waals surface area contributed by atoms with E-state index in [1.807, 2.05) is 19.1 Å². The molecule has 1 rings (SSSR count). The second kappa shape index (κ2) is 6.02. The van der Waals surface area contributed by atoms with E-state index in [2.05, 4.69) is 0 Å². The summed E-state index contributed by atoms with van der Waals surface area (Å²) >= 11 is 0. The smallest absolute Gasteiger partial charge is 0.120 e. The van der Waals surface area contributed by atoms with E-state index < -0.39 is 0 Å². The van der Waals surface area contributed by atoms with Crippen LogP contribution in [-0.4, -0.2) is 11.7 Å². The minimum atomic E-state index is -0.171. The molecule has 0 aliphatic rings. The van der Waals surface area contributed by atoms with Crippen LogP contribution in [-0.2, 0) is 6.42 Å². The van der Waals surface area contributed by atoms with Crippen molar-refractivity contribution in [1.82, 2.24) is 0 Å². The van der Waals surface area contributed by atoms with Crippen molar-refractivity contribution >= 4 is 12.4 Å². The minimum absolute atomic E-state index is 0. The Morgan fingerprint density at radius 2 is 2.23 bits per heavy atom. The maximum absolute atomic E-state index is 8.64. The van der Waals surface area contributed by atoms with Gasteiger partial charge in [-0.3, -0.25) is 0 Å². The van der Waals surface area contributed by atoms with E-state index >= 15 is 0 Å². The van der Waals surface area contributed by atoms with Gasteiger partial charge in [-0.25, -0.2) is 0 Å². The number of aryl methyl sites for hydroxylation is 1. The SMILES string of the molecule is CCc1ccc([C@H](N)CCO)o1.Cl. The van der Waals surface area contributed by atoms with E-state index in [0.29, 0.717) is 6.42 Å². The summed E-state index contributed by atoms with van der Waals surface area (Å²) in [5.41, 5.74) is 5.72. The first kappa shape index (κ1) is 12.5. The fourth-order valence-electron chi connectivity index (χ4n) is 1.07. The van der Waals surface area contributed by atoms with Gasteiger partial charge in [0.25, 0.3) is 0 Å². The van der Waals surface area contributed by atoms with Crippen molar-refractivity contribution in [2.45, 2.75) is 25.8 Å². The Bertz CT molecular complexity index is 237. The van der Waals surface area contributed by atoms with Crippen LogP contribution in [0.5, 0.6) is 0 Å². The molecule has 1 aromatic heterocycles. The summed E-state index contributed by atoms with van der Waals surface area (Å²) in [5, 5.41) is 8.64. The van der Waals surface area contributed by atoms with Crippen molar-refractivity contribution in [2.75, 3.05) is 6.61 Å². The molecular weight excluding hydrogens is 190 g/mol. The molecule has 1 heterocycles. The third-order valence-corrected chi connectivity index (χ3v) is 1.84. The molecule has 0 radical (unpaired) electrons. The van der Waals surface area contributed by atoms with Gasteiger partial charge in [0.15, 0.2) is 0 Å². The molecule has 0 aliphatic heterocycles. The van der Waals surface area contributed by atoms with Gasteiger partial charge in [-0.05, 0) is 18.6 Å². The van der Waals surface area contributed by atoms with Crippen LogP contribution in [0.1, 0.15) is 30.9 Å². The summed E-state index contributed by atoms with van der Waals surface area (Å²) in [6.45, 7) is 2.13. The highest BCUT2D eigenvalue weighted by Gasteiger charge is 2.09. The predicted octanol–water partition coefficient (Wildman–Crippen LogP) is 1.65. The highest BCUT2D eigenvalue weighted by molar-refractivity contribution is 5.85. The highest BCUT2D eigenvalue weighted by Crippen LogP contribution is 2.17. The number of nitrogens with two attached hydrogens (primary N) is 1. The molecule has 1 atom stereocenters. The van der Waals surface area contributed by atoms with Crippen molar-refractivity contribution in [2.24, 2.45) is 5.73 Å². The molecule has 3 N–H and O–H groups in total. The zero-order chi connectivity index (χ0) is 8.97. The first-order valence-corrected chi connectivity index (χ1v) is 4.23. The number of hydrogen-bond donors (Lipinski definition) is 2. The Morgan fingerprint density at radius 3 is 2.69 bits per heavy atom. The van der Waals surface area contributed by atoms with Crippen LogP contribution in [0.25, 0.3) is 0 Å². The number of rotatable bonds is 4. The molecule has 13 heavy (non-hydrogen) atoms. The lowest BCUT2D eigenvalue weighted by atomic mass is 10.2. The molecule has 0 amide bonds. The van der Waals surface area contributed by atoms with Crippen LogP contribution in [0.3, 0.4) is 0 Å². The molecule has 0 aliphatic carbocycles. The molecule has 76 valence electrons. The molecule has 0 unspecified atom stereocenters. The molecular formula is C9H16ClNO2. The van der Waals surface area contributed by atoms with Gasteiger partial charge in [-0.15, -0.1) is 12.4 Å². The van der Waals surface area contributed by atoms with Crippen molar-refractivity contribution < 1.29 is 9.52 Å². The molecule has 0 fully saturated rings. The number of aliphatic hydroxyl groups is 1. The van der Waals surface area contributed by atoms with Crippen LogP contribution >= 0.6 is 12.4 Å². The van der Waals surface area contributed by atoms with Crippen LogP contribution in [0, 0.1) is 0 Å². The summed E-state index contributed by atoms with van der Waals surface area (Å²) in [6.07, 6.45) is 1.43. The molecule has 3 nitrogen and oxygen atoms in total. The lowest BCUT2D eigenvalue weighted by Gasteiger charge is -2.04. The zero-order valence-corrected chi connectivity index (χ0v) is 8.51. The largest absolute Gasteiger partial charge is 0.464 e. The summed E-state index contributed by atoms with van der Waals surface area (Å²) in [6, 6.07) is 3.63. The van der Waals surface area contributed by atoms with E-state index in [1.165, 1.54) is 0 Å². The number of hydrogen-bond acceptors (Lipinski definition) is 3. The second-order valence-corrected chi connectivity index (χ2v) is 2.78. The lowest BCUT2D eigenvalue weighted by Crippen LogP contribution is -2.10. The van der Waals surface area contributed by atoms with E-state index in [1.54, 1.807) is 0 Å². The Balaban J connectivity index is 0.00000144. The summed E-state index contributed by atoms with van der Waals surface area (Å²) < 4.78 is 5.41. The first-order valence-electron chi connectivity index (χ1n) is 4.23. The number of aliphatic hydroxyl groups excluding tert-OH is 1. The average molecular weight is 206 g/mol. The molecule has 0 spiro atoms. The lowest BCUT2D eigenvalue weighted by molar-refractivity contribution is 0.267. The van der Waals surface area contributed by atoms with Gasteiger partial charge in [-0.2, -0.15) is 0 Å². The van der Waals surface area contributed by atoms with Crippen molar-refractivity contribution in [3.63, 3.8) is 0 Å². The normalized spacial score (nSPS) is 12.2. The topological polar surface area (TPSA) is 59.4 Å². The Hall–Kier alpha value is -0.510. The third-order valence-electron chi connectivity index (χ3n) is 1.84. The molecule has 0 saturated carbocycles. The van der Waals surface area contributed by atoms with Gasteiger partial charge in [-0.1, -0.05) is 6.92 Å². The molecule has 1 aromatic rings. The van der Waals surface area contributed by atoms with Gasteiger partial charge in [0.2, 0.25) is 0 Å². The predicted molar refractivity (Wildman–Crippen MR) is 54.0 cm³/mol.